The smallest absolute Gasteiger partial charge is 0.263 e. The van der Waals surface area contributed by atoms with Gasteiger partial charge in [-0.15, -0.1) is 0 Å². The molecule has 4 amide bonds. The molecule has 0 fully saturated rings. The molecule has 0 aliphatic carbocycles. The van der Waals surface area contributed by atoms with Crippen molar-refractivity contribution in [1.82, 2.24) is 9.80 Å². The number of rotatable bonds is 2. The molecular formula is C25H26N2O4. The van der Waals surface area contributed by atoms with E-state index < -0.39 is 23.6 Å². The zero-order valence-electron chi connectivity index (χ0n) is 19.2. The van der Waals surface area contributed by atoms with Crippen LogP contribution in [0.5, 0.6) is 0 Å². The van der Waals surface area contributed by atoms with Crippen molar-refractivity contribution in [3.63, 3.8) is 0 Å². The highest BCUT2D eigenvalue weighted by molar-refractivity contribution is 6.25. The lowest BCUT2D eigenvalue weighted by atomic mass is 9.90. The molecule has 0 spiro atoms. The van der Waals surface area contributed by atoms with Gasteiger partial charge in [-0.05, 0) is 99.9 Å². The molecule has 0 radical (unpaired) electrons. The van der Waals surface area contributed by atoms with Crippen LogP contribution in [0.3, 0.4) is 0 Å². The molecule has 2 aromatic carbocycles. The van der Waals surface area contributed by atoms with Crippen LogP contribution in [-0.4, -0.2) is 40.1 Å². The second-order valence-corrected chi connectivity index (χ2v) is 8.72. The standard InChI is InChI=1S/C25H26N2O4/c1-10-11(2)15(6)19-18(14(10)5)22(28)26(23(19)29)9-27-24(30)20-16(7)12(3)13(4)17(8)21(20)25(27)31/h9H2,1-8H3. The highest BCUT2D eigenvalue weighted by atomic mass is 16.2. The van der Waals surface area contributed by atoms with Crippen molar-refractivity contribution in [2.45, 2.75) is 55.4 Å². The summed E-state index contributed by atoms with van der Waals surface area (Å²) in [5.74, 6) is -1.83. The Morgan fingerprint density at radius 2 is 0.581 bits per heavy atom. The summed E-state index contributed by atoms with van der Waals surface area (Å²) < 4.78 is 0. The fraction of sp³-hybridized carbons (Fsp3) is 0.360. The average molecular weight is 418 g/mol. The van der Waals surface area contributed by atoms with Crippen LogP contribution in [0.4, 0.5) is 0 Å². The summed E-state index contributed by atoms with van der Waals surface area (Å²) in [6.07, 6.45) is 0. The second kappa shape index (κ2) is 6.61. The monoisotopic (exact) mass is 418 g/mol. The quantitative estimate of drug-likeness (QED) is 0.691. The Kier molecular flexibility index (Phi) is 4.47. The first-order valence-corrected chi connectivity index (χ1v) is 10.3. The van der Waals surface area contributed by atoms with Gasteiger partial charge in [0.1, 0.15) is 6.67 Å². The molecule has 6 nitrogen and oxygen atoms in total. The van der Waals surface area contributed by atoms with E-state index in [4.69, 9.17) is 0 Å². The van der Waals surface area contributed by atoms with E-state index in [-0.39, 0.29) is 6.67 Å². The molecule has 6 heteroatoms. The predicted molar refractivity (Wildman–Crippen MR) is 117 cm³/mol. The van der Waals surface area contributed by atoms with Crippen molar-refractivity contribution in [3.05, 3.63) is 66.8 Å². The third-order valence-corrected chi connectivity index (χ3v) is 7.49. The third kappa shape index (κ3) is 2.51. The van der Waals surface area contributed by atoms with Gasteiger partial charge in [0.05, 0.1) is 22.3 Å². The van der Waals surface area contributed by atoms with E-state index in [0.717, 1.165) is 54.3 Å². The van der Waals surface area contributed by atoms with Crippen LogP contribution in [0, 0.1) is 55.4 Å². The first-order valence-electron chi connectivity index (χ1n) is 10.3. The molecule has 0 atom stereocenters. The number of hydrogen-bond acceptors (Lipinski definition) is 4. The molecule has 0 bridgehead atoms. The SMILES string of the molecule is Cc1c(C)c(C)c2c(c1C)C(=O)N(CN1C(=O)c3c(C)c(C)c(C)c(C)c3C1=O)C2=O. The highest BCUT2D eigenvalue weighted by Gasteiger charge is 2.45. The molecular weight excluding hydrogens is 392 g/mol. The second-order valence-electron chi connectivity index (χ2n) is 8.72. The Labute approximate surface area is 181 Å². The average Bonchev–Trinajstić information content (AvgIpc) is 3.13. The van der Waals surface area contributed by atoms with E-state index in [1.807, 2.05) is 55.4 Å². The minimum atomic E-state index is -0.457. The Morgan fingerprint density at radius 1 is 0.387 bits per heavy atom. The summed E-state index contributed by atoms with van der Waals surface area (Å²) >= 11 is 0. The number of amides is 4. The minimum Gasteiger partial charge on any atom is -0.268 e. The molecule has 4 rings (SSSR count). The molecule has 0 saturated heterocycles. The van der Waals surface area contributed by atoms with Crippen LogP contribution >= 0.6 is 0 Å². The molecule has 0 aromatic heterocycles. The van der Waals surface area contributed by atoms with Crippen LogP contribution in [0.25, 0.3) is 0 Å². The lowest BCUT2D eigenvalue weighted by Gasteiger charge is -2.21. The normalized spacial score (nSPS) is 15.4. The number of fused-ring (bicyclic) bond motifs is 2. The van der Waals surface area contributed by atoms with Crippen LogP contribution in [0.2, 0.25) is 0 Å². The Balaban J connectivity index is 1.78. The van der Waals surface area contributed by atoms with E-state index in [1.54, 1.807) is 0 Å². The van der Waals surface area contributed by atoms with Crippen molar-refractivity contribution in [2.24, 2.45) is 0 Å². The Morgan fingerprint density at radius 3 is 0.774 bits per heavy atom. The van der Waals surface area contributed by atoms with E-state index in [9.17, 15) is 19.2 Å². The largest absolute Gasteiger partial charge is 0.268 e. The molecule has 0 saturated carbocycles. The van der Waals surface area contributed by atoms with Crippen molar-refractivity contribution in [3.8, 4) is 0 Å². The zero-order chi connectivity index (χ0) is 23.1. The van der Waals surface area contributed by atoms with Crippen molar-refractivity contribution in [1.29, 1.82) is 0 Å². The summed E-state index contributed by atoms with van der Waals surface area (Å²) in [5.41, 5.74) is 8.44. The zero-order valence-corrected chi connectivity index (χ0v) is 19.2. The lowest BCUT2D eigenvalue weighted by molar-refractivity contribution is 0.0471. The summed E-state index contributed by atoms with van der Waals surface area (Å²) in [6.45, 7) is 14.7. The van der Waals surface area contributed by atoms with E-state index in [1.165, 1.54) is 0 Å². The van der Waals surface area contributed by atoms with Crippen LogP contribution in [0.15, 0.2) is 0 Å². The fourth-order valence-corrected chi connectivity index (χ4v) is 4.82. The van der Waals surface area contributed by atoms with Crippen LogP contribution in [0.1, 0.15) is 85.9 Å². The number of carbonyl (C=O) groups excluding carboxylic acids is 4. The van der Waals surface area contributed by atoms with Gasteiger partial charge in [0.15, 0.2) is 0 Å². The van der Waals surface area contributed by atoms with Gasteiger partial charge in [-0.2, -0.15) is 0 Å². The maximum atomic E-state index is 13.2. The van der Waals surface area contributed by atoms with Gasteiger partial charge in [0, 0.05) is 0 Å². The molecule has 160 valence electrons. The summed E-state index contributed by atoms with van der Waals surface area (Å²) in [4.78, 5) is 54.9. The first kappa shape index (κ1) is 21.0. The van der Waals surface area contributed by atoms with Crippen molar-refractivity contribution < 1.29 is 19.2 Å². The Bertz CT molecular complexity index is 1080. The van der Waals surface area contributed by atoms with Crippen LogP contribution < -0.4 is 0 Å². The fourth-order valence-electron chi connectivity index (χ4n) is 4.82. The van der Waals surface area contributed by atoms with Gasteiger partial charge in [-0.25, -0.2) is 0 Å². The number of carbonyl (C=O) groups is 4. The third-order valence-electron chi connectivity index (χ3n) is 7.49. The molecule has 0 N–H and O–H groups in total. The summed E-state index contributed by atoms with van der Waals surface area (Å²) in [5, 5.41) is 0. The number of hydrogen-bond donors (Lipinski definition) is 0. The molecule has 31 heavy (non-hydrogen) atoms. The maximum Gasteiger partial charge on any atom is 0.263 e. The number of benzene rings is 2. The highest BCUT2D eigenvalue weighted by Crippen LogP contribution is 2.36. The Hall–Kier alpha value is -3.28. The van der Waals surface area contributed by atoms with Crippen LogP contribution in [-0.2, 0) is 0 Å². The van der Waals surface area contributed by atoms with E-state index >= 15 is 0 Å². The van der Waals surface area contributed by atoms with E-state index in [2.05, 4.69) is 0 Å². The molecule has 2 aromatic rings. The lowest BCUT2D eigenvalue weighted by Crippen LogP contribution is -2.44. The minimum absolute atomic E-state index is 0.376. The molecule has 2 heterocycles. The van der Waals surface area contributed by atoms with Crippen molar-refractivity contribution in [2.75, 3.05) is 6.67 Å². The van der Waals surface area contributed by atoms with Gasteiger partial charge >= 0.3 is 0 Å². The molecule has 2 aliphatic heterocycles. The van der Waals surface area contributed by atoms with Gasteiger partial charge < -0.3 is 0 Å². The first-order chi connectivity index (χ1) is 14.4. The number of nitrogens with zero attached hydrogens (tertiary/aromatic N) is 2. The van der Waals surface area contributed by atoms with Gasteiger partial charge in [-0.1, -0.05) is 0 Å². The molecule has 0 unspecified atom stereocenters. The van der Waals surface area contributed by atoms with E-state index in [0.29, 0.717) is 22.3 Å². The maximum absolute atomic E-state index is 13.2. The van der Waals surface area contributed by atoms with Gasteiger partial charge in [0.25, 0.3) is 23.6 Å². The van der Waals surface area contributed by atoms with Gasteiger partial charge in [-0.3, -0.25) is 29.0 Å². The number of imide groups is 2. The van der Waals surface area contributed by atoms with Crippen molar-refractivity contribution >= 4 is 23.6 Å². The topological polar surface area (TPSA) is 74.8 Å². The summed E-state index contributed by atoms with van der Waals surface area (Å²) in [7, 11) is 0. The molecule has 2 aliphatic rings. The predicted octanol–water partition coefficient (Wildman–Crippen LogP) is 4.00. The van der Waals surface area contributed by atoms with Gasteiger partial charge in [0.2, 0.25) is 0 Å². The summed E-state index contributed by atoms with van der Waals surface area (Å²) in [6, 6.07) is 0.